The van der Waals surface area contributed by atoms with E-state index in [4.69, 9.17) is 9.84 Å². The van der Waals surface area contributed by atoms with Gasteiger partial charge in [-0.3, -0.25) is 4.79 Å². The van der Waals surface area contributed by atoms with Crippen LogP contribution in [-0.4, -0.2) is 42.1 Å². The van der Waals surface area contributed by atoms with E-state index in [9.17, 15) is 9.59 Å². The lowest BCUT2D eigenvalue weighted by Gasteiger charge is -2.21. The summed E-state index contributed by atoms with van der Waals surface area (Å²) in [7, 11) is 3.10. The molecule has 0 saturated carbocycles. The van der Waals surface area contributed by atoms with Gasteiger partial charge < -0.3 is 14.7 Å². The lowest BCUT2D eigenvalue weighted by atomic mass is 10.0. The molecule has 0 radical (unpaired) electrons. The van der Waals surface area contributed by atoms with Gasteiger partial charge in [0.15, 0.2) is 0 Å². The van der Waals surface area contributed by atoms with Gasteiger partial charge in [-0.15, -0.1) is 0 Å². The summed E-state index contributed by atoms with van der Waals surface area (Å²) in [4.78, 5) is 24.5. The molecule has 2 rings (SSSR count). The molecule has 0 aliphatic rings. The van der Waals surface area contributed by atoms with Gasteiger partial charge in [0.2, 0.25) is 5.91 Å². The smallest absolute Gasteiger partial charge is 0.326 e. The van der Waals surface area contributed by atoms with Crippen molar-refractivity contribution in [3.05, 3.63) is 42.0 Å². The maximum atomic E-state index is 12.3. The van der Waals surface area contributed by atoms with Crippen molar-refractivity contribution in [2.75, 3.05) is 14.2 Å². The third-order valence-electron chi connectivity index (χ3n) is 3.85. The molecular formula is C17H19NO4. The summed E-state index contributed by atoms with van der Waals surface area (Å²) in [6.45, 7) is 1.49. The number of benzene rings is 2. The molecule has 1 amide bonds. The number of carboxylic acid groups (broad SMARTS) is 1. The molecule has 22 heavy (non-hydrogen) atoms. The molecule has 5 nitrogen and oxygen atoms in total. The van der Waals surface area contributed by atoms with Crippen LogP contribution in [0.2, 0.25) is 0 Å². The number of carbonyl (C=O) groups excluding carboxylic acids is 1. The van der Waals surface area contributed by atoms with E-state index < -0.39 is 12.0 Å². The molecule has 0 aromatic heterocycles. The maximum absolute atomic E-state index is 12.3. The van der Waals surface area contributed by atoms with Crippen molar-refractivity contribution in [1.29, 1.82) is 0 Å². The second-order valence-electron chi connectivity index (χ2n) is 5.20. The molecule has 0 bridgehead atoms. The minimum atomic E-state index is -1.02. The number of carboxylic acids is 1. The third-order valence-corrected chi connectivity index (χ3v) is 3.85. The van der Waals surface area contributed by atoms with Crippen LogP contribution in [0.4, 0.5) is 0 Å². The zero-order chi connectivity index (χ0) is 16.3. The summed E-state index contributed by atoms with van der Waals surface area (Å²) in [5.41, 5.74) is 0.853. The summed E-state index contributed by atoms with van der Waals surface area (Å²) in [5.74, 6) is -0.527. The minimum Gasteiger partial charge on any atom is -0.497 e. The van der Waals surface area contributed by atoms with Crippen molar-refractivity contribution in [3.63, 3.8) is 0 Å². The second-order valence-corrected chi connectivity index (χ2v) is 5.20. The van der Waals surface area contributed by atoms with Crippen LogP contribution in [-0.2, 0) is 16.0 Å². The fourth-order valence-electron chi connectivity index (χ4n) is 2.27. The Morgan fingerprint density at radius 1 is 1.27 bits per heavy atom. The number of hydrogen-bond donors (Lipinski definition) is 1. The first-order valence-electron chi connectivity index (χ1n) is 6.98. The standard InChI is InChI=1S/C17H19NO4/c1-11(17(20)21)18(2)16(19)9-13-6-4-5-12-7-8-14(22-3)10-15(12)13/h4-8,10-11H,9H2,1-3H3,(H,20,21). The number of likely N-dealkylation sites (N-methyl/N-ethyl adjacent to an activating group) is 1. The lowest BCUT2D eigenvalue weighted by molar-refractivity contribution is -0.147. The number of ether oxygens (including phenoxy) is 1. The highest BCUT2D eigenvalue weighted by Crippen LogP contribution is 2.24. The molecule has 0 aliphatic carbocycles. The topological polar surface area (TPSA) is 66.8 Å². The number of carbonyl (C=O) groups is 2. The Labute approximate surface area is 129 Å². The summed E-state index contributed by atoms with van der Waals surface area (Å²) < 4.78 is 5.23. The van der Waals surface area contributed by atoms with Crippen molar-refractivity contribution in [3.8, 4) is 5.75 Å². The largest absolute Gasteiger partial charge is 0.497 e. The van der Waals surface area contributed by atoms with Gasteiger partial charge in [-0.25, -0.2) is 4.79 Å². The first kappa shape index (κ1) is 15.8. The highest BCUT2D eigenvalue weighted by atomic mass is 16.5. The van der Waals surface area contributed by atoms with Crippen molar-refractivity contribution >= 4 is 22.6 Å². The Morgan fingerprint density at radius 2 is 2.00 bits per heavy atom. The van der Waals surface area contributed by atoms with Crippen molar-refractivity contribution in [2.45, 2.75) is 19.4 Å². The summed E-state index contributed by atoms with van der Waals surface area (Å²) in [5, 5.41) is 10.9. The van der Waals surface area contributed by atoms with Crippen molar-refractivity contribution in [2.24, 2.45) is 0 Å². The van der Waals surface area contributed by atoms with E-state index in [2.05, 4.69) is 0 Å². The van der Waals surface area contributed by atoms with Gasteiger partial charge in [-0.05, 0) is 35.4 Å². The average Bonchev–Trinajstić information content (AvgIpc) is 2.53. The molecule has 2 aromatic carbocycles. The SMILES string of the molecule is COc1ccc2cccc(CC(=O)N(C)C(C)C(=O)O)c2c1. The predicted molar refractivity (Wildman–Crippen MR) is 84.1 cm³/mol. The molecule has 1 N–H and O–H groups in total. The molecule has 1 unspecified atom stereocenters. The normalized spacial score (nSPS) is 12.0. The van der Waals surface area contributed by atoms with Crippen molar-refractivity contribution in [1.82, 2.24) is 4.90 Å². The summed E-state index contributed by atoms with van der Waals surface area (Å²) >= 11 is 0. The average molecular weight is 301 g/mol. The molecule has 2 aromatic rings. The van der Waals surface area contributed by atoms with E-state index in [1.807, 2.05) is 36.4 Å². The molecular weight excluding hydrogens is 282 g/mol. The van der Waals surface area contributed by atoms with Crippen LogP contribution in [0.15, 0.2) is 36.4 Å². The van der Waals surface area contributed by atoms with Crippen LogP contribution in [0.5, 0.6) is 5.75 Å². The van der Waals surface area contributed by atoms with Gasteiger partial charge in [-0.2, -0.15) is 0 Å². The Morgan fingerprint density at radius 3 is 2.64 bits per heavy atom. The van der Waals surface area contributed by atoms with Gasteiger partial charge in [0.05, 0.1) is 13.5 Å². The Balaban J connectivity index is 2.31. The molecule has 116 valence electrons. The van der Waals surface area contributed by atoms with Gasteiger partial charge in [-0.1, -0.05) is 24.3 Å². The summed E-state index contributed by atoms with van der Waals surface area (Å²) in [6, 6.07) is 10.6. The maximum Gasteiger partial charge on any atom is 0.326 e. The van der Waals surface area contributed by atoms with E-state index in [0.29, 0.717) is 0 Å². The van der Waals surface area contributed by atoms with Crippen LogP contribution in [0, 0.1) is 0 Å². The molecule has 0 aliphatic heterocycles. The fourth-order valence-corrected chi connectivity index (χ4v) is 2.27. The first-order chi connectivity index (χ1) is 10.4. The van der Waals surface area contributed by atoms with Crippen LogP contribution >= 0.6 is 0 Å². The number of aliphatic carboxylic acids is 1. The highest BCUT2D eigenvalue weighted by Gasteiger charge is 2.22. The zero-order valence-electron chi connectivity index (χ0n) is 12.9. The highest BCUT2D eigenvalue weighted by molar-refractivity contribution is 5.92. The van der Waals surface area contributed by atoms with Gasteiger partial charge in [0.1, 0.15) is 11.8 Å². The molecule has 0 spiro atoms. The van der Waals surface area contributed by atoms with Crippen molar-refractivity contribution < 1.29 is 19.4 Å². The van der Waals surface area contributed by atoms with E-state index >= 15 is 0 Å². The molecule has 0 heterocycles. The first-order valence-corrected chi connectivity index (χ1v) is 6.98. The van der Waals surface area contributed by atoms with Gasteiger partial charge in [0.25, 0.3) is 0 Å². The number of rotatable bonds is 5. The van der Waals surface area contributed by atoms with E-state index in [0.717, 1.165) is 22.1 Å². The third kappa shape index (κ3) is 3.19. The van der Waals surface area contributed by atoms with Gasteiger partial charge >= 0.3 is 5.97 Å². The Bertz CT molecular complexity index is 711. The van der Waals surface area contributed by atoms with E-state index in [-0.39, 0.29) is 12.3 Å². The van der Waals surface area contributed by atoms with Crippen LogP contribution in [0.1, 0.15) is 12.5 Å². The number of amides is 1. The minimum absolute atomic E-state index is 0.151. The van der Waals surface area contributed by atoms with Gasteiger partial charge in [0, 0.05) is 7.05 Å². The van der Waals surface area contributed by atoms with E-state index in [1.54, 1.807) is 7.11 Å². The van der Waals surface area contributed by atoms with Crippen LogP contribution in [0.3, 0.4) is 0 Å². The van der Waals surface area contributed by atoms with Crippen LogP contribution < -0.4 is 4.74 Å². The summed E-state index contributed by atoms with van der Waals surface area (Å²) in [6.07, 6.45) is 0.151. The zero-order valence-corrected chi connectivity index (χ0v) is 12.9. The van der Waals surface area contributed by atoms with Crippen LogP contribution in [0.25, 0.3) is 10.8 Å². The predicted octanol–water partition coefficient (Wildman–Crippen LogP) is 2.32. The number of fused-ring (bicyclic) bond motifs is 1. The van der Waals surface area contributed by atoms with E-state index in [1.165, 1.54) is 18.9 Å². The number of hydrogen-bond acceptors (Lipinski definition) is 3. The fraction of sp³-hybridized carbons (Fsp3) is 0.294. The quantitative estimate of drug-likeness (QED) is 0.920. The monoisotopic (exact) mass is 301 g/mol. The Hall–Kier alpha value is -2.56. The molecule has 5 heteroatoms. The molecule has 1 atom stereocenters. The number of nitrogens with zero attached hydrogens (tertiary/aromatic N) is 1. The second kappa shape index (κ2) is 6.47. The molecule has 0 fully saturated rings. The lowest BCUT2D eigenvalue weighted by Crippen LogP contribution is -2.41. The Kier molecular flexibility index (Phi) is 4.65. The molecule has 0 saturated heterocycles. The number of methoxy groups -OCH3 is 1.